The van der Waals surface area contributed by atoms with Gasteiger partial charge in [-0.2, -0.15) is 0 Å². The summed E-state index contributed by atoms with van der Waals surface area (Å²) in [5, 5.41) is 0. The zero-order valence-electron chi connectivity index (χ0n) is 11.7. The lowest BCUT2D eigenvalue weighted by molar-refractivity contribution is 0.626. The van der Waals surface area contributed by atoms with Gasteiger partial charge in [0.2, 0.25) is 0 Å². The Morgan fingerprint density at radius 3 is 2.24 bits per heavy atom. The first-order chi connectivity index (χ1) is 10.1. The Labute approximate surface area is 124 Å². The Morgan fingerprint density at radius 1 is 1.10 bits per heavy atom. The minimum absolute atomic E-state index is 0.218. The molecule has 0 radical (unpaired) electrons. The Kier molecular flexibility index (Phi) is 3.31. The third-order valence-electron chi connectivity index (χ3n) is 3.97. The minimum atomic E-state index is -0.226. The fraction of sp³-hybridized carbons (Fsp3) is 0.222. The Hall–Kier alpha value is -2.47. The highest BCUT2D eigenvalue weighted by Gasteiger charge is 2.46. The SMILES string of the molecule is C#CC1(N(Cc2ccc(F)cc2)c2ccc(N)cc2)CC1. The van der Waals surface area contributed by atoms with E-state index in [1.165, 1.54) is 12.1 Å². The summed E-state index contributed by atoms with van der Waals surface area (Å²) in [6.07, 6.45) is 7.70. The van der Waals surface area contributed by atoms with Crippen molar-refractivity contribution in [3.8, 4) is 12.3 Å². The first kappa shape index (κ1) is 13.5. The number of halogens is 1. The molecule has 106 valence electrons. The Morgan fingerprint density at radius 2 is 1.71 bits per heavy atom. The van der Waals surface area contributed by atoms with Crippen molar-refractivity contribution < 1.29 is 4.39 Å². The molecule has 1 saturated carbocycles. The van der Waals surface area contributed by atoms with Crippen LogP contribution in [-0.4, -0.2) is 5.54 Å². The van der Waals surface area contributed by atoms with Crippen molar-refractivity contribution in [1.82, 2.24) is 0 Å². The van der Waals surface area contributed by atoms with Crippen LogP contribution < -0.4 is 10.6 Å². The van der Waals surface area contributed by atoms with Gasteiger partial charge in [-0.1, -0.05) is 18.1 Å². The highest BCUT2D eigenvalue weighted by Crippen LogP contribution is 2.44. The summed E-state index contributed by atoms with van der Waals surface area (Å²) in [5.41, 5.74) is 8.34. The number of terminal acetylenes is 1. The molecule has 2 aromatic rings. The van der Waals surface area contributed by atoms with Crippen LogP contribution in [0.5, 0.6) is 0 Å². The van der Waals surface area contributed by atoms with Gasteiger partial charge in [-0.15, -0.1) is 6.42 Å². The van der Waals surface area contributed by atoms with Gasteiger partial charge in [0.25, 0.3) is 0 Å². The normalized spacial score (nSPS) is 15.2. The first-order valence-corrected chi connectivity index (χ1v) is 6.98. The second kappa shape index (κ2) is 5.14. The van der Waals surface area contributed by atoms with Gasteiger partial charge in [0.05, 0.1) is 0 Å². The van der Waals surface area contributed by atoms with Crippen molar-refractivity contribution >= 4 is 11.4 Å². The third kappa shape index (κ3) is 2.71. The summed E-state index contributed by atoms with van der Waals surface area (Å²) in [6.45, 7) is 0.661. The van der Waals surface area contributed by atoms with E-state index in [9.17, 15) is 4.39 Å². The van der Waals surface area contributed by atoms with E-state index in [0.717, 1.165) is 29.8 Å². The molecule has 1 aliphatic carbocycles. The molecule has 0 atom stereocenters. The largest absolute Gasteiger partial charge is 0.399 e. The Balaban J connectivity index is 1.92. The lowest BCUT2D eigenvalue weighted by Gasteiger charge is -2.31. The maximum atomic E-state index is 13.0. The average Bonchev–Trinajstić information content (AvgIpc) is 3.29. The molecule has 0 amide bonds. The second-order valence-corrected chi connectivity index (χ2v) is 5.48. The van der Waals surface area contributed by atoms with E-state index in [4.69, 9.17) is 12.2 Å². The van der Waals surface area contributed by atoms with Gasteiger partial charge in [0.1, 0.15) is 11.4 Å². The molecule has 0 saturated heterocycles. The predicted octanol–water partition coefficient (Wildman–Crippen LogP) is 3.58. The van der Waals surface area contributed by atoms with Crippen LogP contribution in [0.4, 0.5) is 15.8 Å². The van der Waals surface area contributed by atoms with Crippen molar-refractivity contribution in [3.05, 3.63) is 59.9 Å². The van der Waals surface area contributed by atoms with Gasteiger partial charge in [-0.3, -0.25) is 0 Å². The average molecular weight is 280 g/mol. The number of rotatable bonds is 4. The van der Waals surface area contributed by atoms with Crippen LogP contribution in [0.15, 0.2) is 48.5 Å². The van der Waals surface area contributed by atoms with Gasteiger partial charge in [-0.25, -0.2) is 4.39 Å². The highest BCUT2D eigenvalue weighted by molar-refractivity contribution is 5.58. The van der Waals surface area contributed by atoms with Crippen molar-refractivity contribution in [2.45, 2.75) is 24.9 Å². The molecule has 0 aliphatic heterocycles. The molecular formula is C18H17FN2. The Bertz CT molecular complexity index is 664. The molecule has 0 spiro atoms. The quantitative estimate of drug-likeness (QED) is 0.685. The van der Waals surface area contributed by atoms with Gasteiger partial charge in [0.15, 0.2) is 0 Å². The number of anilines is 2. The van der Waals surface area contributed by atoms with Crippen molar-refractivity contribution in [2.24, 2.45) is 0 Å². The van der Waals surface area contributed by atoms with Crippen molar-refractivity contribution in [2.75, 3.05) is 10.6 Å². The predicted molar refractivity (Wildman–Crippen MR) is 84.2 cm³/mol. The zero-order chi connectivity index (χ0) is 14.9. The molecule has 1 fully saturated rings. The third-order valence-corrected chi connectivity index (χ3v) is 3.97. The van der Waals surface area contributed by atoms with E-state index < -0.39 is 0 Å². The van der Waals surface area contributed by atoms with Crippen LogP contribution in [0.2, 0.25) is 0 Å². The summed E-state index contributed by atoms with van der Waals surface area (Å²) in [5.74, 6) is 2.69. The highest BCUT2D eigenvalue weighted by atomic mass is 19.1. The van der Waals surface area contributed by atoms with Gasteiger partial charge >= 0.3 is 0 Å². The smallest absolute Gasteiger partial charge is 0.123 e. The number of benzene rings is 2. The second-order valence-electron chi connectivity index (χ2n) is 5.48. The zero-order valence-corrected chi connectivity index (χ0v) is 11.7. The summed E-state index contributed by atoms with van der Waals surface area (Å²) in [6, 6.07) is 14.3. The maximum absolute atomic E-state index is 13.0. The van der Waals surface area contributed by atoms with Crippen LogP contribution in [-0.2, 0) is 6.54 Å². The van der Waals surface area contributed by atoms with Crippen LogP contribution in [0.25, 0.3) is 0 Å². The maximum Gasteiger partial charge on any atom is 0.123 e. The van der Waals surface area contributed by atoms with Crippen molar-refractivity contribution in [3.63, 3.8) is 0 Å². The summed E-state index contributed by atoms with van der Waals surface area (Å²) in [4.78, 5) is 2.21. The van der Waals surface area contributed by atoms with Gasteiger partial charge < -0.3 is 10.6 Å². The van der Waals surface area contributed by atoms with E-state index in [1.54, 1.807) is 12.1 Å². The molecule has 1 aliphatic rings. The molecule has 0 aromatic heterocycles. The number of nitrogens with zero attached hydrogens (tertiary/aromatic N) is 1. The molecule has 2 N–H and O–H groups in total. The van der Waals surface area contributed by atoms with E-state index in [-0.39, 0.29) is 11.4 Å². The number of nitrogen functional groups attached to an aromatic ring is 1. The molecule has 3 heteroatoms. The van der Waals surface area contributed by atoms with Crippen LogP contribution in [0, 0.1) is 18.2 Å². The van der Waals surface area contributed by atoms with Gasteiger partial charge in [-0.05, 0) is 54.8 Å². The fourth-order valence-electron chi connectivity index (χ4n) is 2.53. The molecule has 0 unspecified atom stereocenters. The van der Waals surface area contributed by atoms with Gasteiger partial charge in [0, 0.05) is 17.9 Å². The molecule has 3 rings (SSSR count). The molecule has 21 heavy (non-hydrogen) atoms. The van der Waals surface area contributed by atoms with E-state index in [0.29, 0.717) is 6.54 Å². The van der Waals surface area contributed by atoms with E-state index >= 15 is 0 Å². The van der Waals surface area contributed by atoms with Crippen molar-refractivity contribution in [1.29, 1.82) is 0 Å². The molecule has 2 aromatic carbocycles. The molecule has 0 bridgehead atoms. The lowest BCUT2D eigenvalue weighted by Crippen LogP contribution is -2.35. The number of hydrogen-bond donors (Lipinski definition) is 1. The molecule has 0 heterocycles. The number of nitrogens with two attached hydrogens (primary N) is 1. The van der Waals surface area contributed by atoms with Crippen LogP contribution >= 0.6 is 0 Å². The first-order valence-electron chi connectivity index (χ1n) is 6.98. The number of hydrogen-bond acceptors (Lipinski definition) is 2. The molecular weight excluding hydrogens is 263 g/mol. The van der Waals surface area contributed by atoms with Crippen LogP contribution in [0.3, 0.4) is 0 Å². The topological polar surface area (TPSA) is 29.3 Å². The fourth-order valence-corrected chi connectivity index (χ4v) is 2.53. The monoisotopic (exact) mass is 280 g/mol. The lowest BCUT2D eigenvalue weighted by atomic mass is 10.1. The summed E-state index contributed by atoms with van der Waals surface area (Å²) in [7, 11) is 0. The standard InChI is InChI=1S/C18H17FN2/c1-2-18(11-12-18)21(17-9-7-16(20)8-10-17)13-14-3-5-15(19)6-4-14/h1,3-10H,11-13,20H2. The van der Waals surface area contributed by atoms with E-state index in [1.807, 2.05) is 24.3 Å². The summed E-state index contributed by atoms with van der Waals surface area (Å²) >= 11 is 0. The van der Waals surface area contributed by atoms with Crippen LogP contribution in [0.1, 0.15) is 18.4 Å². The van der Waals surface area contributed by atoms with E-state index in [2.05, 4.69) is 10.8 Å². The summed E-state index contributed by atoms with van der Waals surface area (Å²) < 4.78 is 13.0. The minimum Gasteiger partial charge on any atom is -0.399 e. The molecule has 2 nitrogen and oxygen atoms in total.